The maximum atomic E-state index is 9.80. The molecule has 0 saturated carbocycles. The highest BCUT2D eigenvalue weighted by Crippen LogP contribution is 2.27. The standard InChI is InChI=1S/C14H15ClN2O/c1-10(11-5-3-7-16-8-11)17-9-12-4-2-6-13(15)14(12)18/h2-8,10,17-18H,9H2,1H3/t10-/m0/s1. The van der Waals surface area contributed by atoms with Gasteiger partial charge in [-0.05, 0) is 24.6 Å². The monoisotopic (exact) mass is 262 g/mol. The summed E-state index contributed by atoms with van der Waals surface area (Å²) >= 11 is 5.86. The fourth-order valence-electron chi connectivity index (χ4n) is 1.72. The fourth-order valence-corrected chi connectivity index (χ4v) is 1.91. The maximum Gasteiger partial charge on any atom is 0.138 e. The van der Waals surface area contributed by atoms with Crippen molar-refractivity contribution < 1.29 is 5.11 Å². The summed E-state index contributed by atoms with van der Waals surface area (Å²) < 4.78 is 0. The van der Waals surface area contributed by atoms with Gasteiger partial charge in [0, 0.05) is 30.5 Å². The van der Waals surface area contributed by atoms with Crippen LogP contribution in [0.3, 0.4) is 0 Å². The number of aromatic hydroxyl groups is 1. The van der Waals surface area contributed by atoms with Crippen LogP contribution in [0.5, 0.6) is 5.75 Å². The Hall–Kier alpha value is -1.58. The number of para-hydroxylation sites is 1. The first-order chi connectivity index (χ1) is 8.68. The molecule has 0 saturated heterocycles. The Labute approximate surface area is 111 Å². The lowest BCUT2D eigenvalue weighted by Crippen LogP contribution is -2.18. The van der Waals surface area contributed by atoms with Crippen molar-refractivity contribution in [2.45, 2.75) is 19.5 Å². The number of nitrogens with zero attached hydrogens (tertiary/aromatic N) is 1. The summed E-state index contributed by atoms with van der Waals surface area (Å²) in [4.78, 5) is 4.08. The number of nitrogens with one attached hydrogen (secondary N) is 1. The molecule has 0 fully saturated rings. The second-order valence-electron chi connectivity index (χ2n) is 4.14. The van der Waals surface area contributed by atoms with Crippen LogP contribution in [-0.2, 0) is 6.54 Å². The molecule has 0 amide bonds. The minimum absolute atomic E-state index is 0.144. The van der Waals surface area contributed by atoms with E-state index < -0.39 is 0 Å². The van der Waals surface area contributed by atoms with Gasteiger partial charge in [-0.15, -0.1) is 0 Å². The summed E-state index contributed by atoms with van der Waals surface area (Å²) in [7, 11) is 0. The summed E-state index contributed by atoms with van der Waals surface area (Å²) in [5.41, 5.74) is 1.90. The number of halogens is 1. The van der Waals surface area contributed by atoms with Gasteiger partial charge in [0.25, 0.3) is 0 Å². The number of phenolic OH excluding ortho intramolecular Hbond substituents is 1. The van der Waals surface area contributed by atoms with Crippen LogP contribution in [0.1, 0.15) is 24.1 Å². The minimum atomic E-state index is 0.144. The largest absolute Gasteiger partial charge is 0.506 e. The van der Waals surface area contributed by atoms with Crippen LogP contribution in [0.2, 0.25) is 5.02 Å². The quantitative estimate of drug-likeness (QED) is 0.889. The second kappa shape index (κ2) is 5.85. The van der Waals surface area contributed by atoms with Crippen molar-refractivity contribution in [3.05, 3.63) is 58.9 Å². The van der Waals surface area contributed by atoms with Crippen LogP contribution < -0.4 is 5.32 Å². The molecule has 4 heteroatoms. The highest BCUT2D eigenvalue weighted by atomic mass is 35.5. The van der Waals surface area contributed by atoms with Crippen LogP contribution in [0.25, 0.3) is 0 Å². The lowest BCUT2D eigenvalue weighted by molar-refractivity contribution is 0.460. The van der Waals surface area contributed by atoms with Gasteiger partial charge in [-0.1, -0.05) is 29.8 Å². The van der Waals surface area contributed by atoms with Crippen LogP contribution in [-0.4, -0.2) is 10.1 Å². The molecule has 1 heterocycles. The highest BCUT2D eigenvalue weighted by Gasteiger charge is 2.08. The minimum Gasteiger partial charge on any atom is -0.506 e. The Balaban J connectivity index is 2.02. The molecule has 2 rings (SSSR count). The van der Waals surface area contributed by atoms with Gasteiger partial charge < -0.3 is 10.4 Å². The highest BCUT2D eigenvalue weighted by molar-refractivity contribution is 6.32. The van der Waals surface area contributed by atoms with Gasteiger partial charge in [0.2, 0.25) is 0 Å². The van der Waals surface area contributed by atoms with Crippen molar-refractivity contribution in [3.8, 4) is 5.75 Å². The number of hydrogen-bond donors (Lipinski definition) is 2. The van der Waals surface area contributed by atoms with Gasteiger partial charge in [0.15, 0.2) is 0 Å². The predicted molar refractivity (Wildman–Crippen MR) is 72.6 cm³/mol. The predicted octanol–water partition coefficient (Wildman–Crippen LogP) is 3.29. The molecule has 0 unspecified atom stereocenters. The number of benzene rings is 1. The van der Waals surface area contributed by atoms with Crippen molar-refractivity contribution in [2.75, 3.05) is 0 Å². The average molecular weight is 263 g/mol. The molecule has 2 aromatic rings. The van der Waals surface area contributed by atoms with Gasteiger partial charge in [-0.2, -0.15) is 0 Å². The molecule has 0 radical (unpaired) electrons. The Morgan fingerprint density at radius 1 is 1.33 bits per heavy atom. The molecule has 2 N–H and O–H groups in total. The summed E-state index contributed by atoms with van der Waals surface area (Å²) in [6.07, 6.45) is 3.58. The first-order valence-corrected chi connectivity index (χ1v) is 6.16. The molecule has 0 spiro atoms. The van der Waals surface area contributed by atoms with E-state index in [1.807, 2.05) is 30.5 Å². The molecule has 94 valence electrons. The van der Waals surface area contributed by atoms with E-state index >= 15 is 0 Å². The topological polar surface area (TPSA) is 45.1 Å². The molecule has 1 aromatic carbocycles. The number of hydrogen-bond acceptors (Lipinski definition) is 3. The van der Waals surface area contributed by atoms with E-state index in [2.05, 4.69) is 17.2 Å². The Bertz CT molecular complexity index is 516. The zero-order valence-corrected chi connectivity index (χ0v) is 10.9. The van der Waals surface area contributed by atoms with Gasteiger partial charge in [0.05, 0.1) is 5.02 Å². The molecule has 0 aliphatic carbocycles. The molecule has 1 atom stereocenters. The van der Waals surface area contributed by atoms with Gasteiger partial charge >= 0.3 is 0 Å². The van der Waals surface area contributed by atoms with Crippen LogP contribution in [0.4, 0.5) is 0 Å². The molecular formula is C14H15ClN2O. The lowest BCUT2D eigenvalue weighted by Gasteiger charge is -2.14. The van der Waals surface area contributed by atoms with E-state index in [0.717, 1.165) is 11.1 Å². The van der Waals surface area contributed by atoms with E-state index in [9.17, 15) is 5.11 Å². The van der Waals surface area contributed by atoms with Crippen LogP contribution in [0, 0.1) is 0 Å². The van der Waals surface area contributed by atoms with Crippen molar-refractivity contribution in [2.24, 2.45) is 0 Å². The lowest BCUT2D eigenvalue weighted by atomic mass is 10.1. The third-order valence-corrected chi connectivity index (χ3v) is 3.16. The van der Waals surface area contributed by atoms with E-state index in [0.29, 0.717) is 11.6 Å². The SMILES string of the molecule is C[C@H](NCc1cccc(Cl)c1O)c1cccnc1. The third-order valence-electron chi connectivity index (χ3n) is 2.85. The first-order valence-electron chi connectivity index (χ1n) is 5.78. The molecule has 0 aliphatic heterocycles. The van der Waals surface area contributed by atoms with Crippen molar-refractivity contribution in [1.82, 2.24) is 10.3 Å². The van der Waals surface area contributed by atoms with E-state index in [1.165, 1.54) is 0 Å². The summed E-state index contributed by atoms with van der Waals surface area (Å²) in [6.45, 7) is 2.61. The zero-order valence-electron chi connectivity index (χ0n) is 10.1. The zero-order chi connectivity index (χ0) is 13.0. The first kappa shape index (κ1) is 12.9. The van der Waals surface area contributed by atoms with Crippen molar-refractivity contribution >= 4 is 11.6 Å². The second-order valence-corrected chi connectivity index (χ2v) is 4.54. The maximum absolute atomic E-state index is 9.80. The average Bonchev–Trinajstić information content (AvgIpc) is 2.41. The van der Waals surface area contributed by atoms with Gasteiger partial charge in [0.1, 0.15) is 5.75 Å². The Morgan fingerprint density at radius 3 is 2.89 bits per heavy atom. The Kier molecular flexibility index (Phi) is 4.18. The van der Waals surface area contributed by atoms with Crippen LogP contribution >= 0.6 is 11.6 Å². The number of phenols is 1. The van der Waals surface area contributed by atoms with Crippen molar-refractivity contribution in [3.63, 3.8) is 0 Å². The third kappa shape index (κ3) is 3.00. The smallest absolute Gasteiger partial charge is 0.138 e. The molecule has 0 bridgehead atoms. The van der Waals surface area contributed by atoms with E-state index in [-0.39, 0.29) is 11.8 Å². The fraction of sp³-hybridized carbons (Fsp3) is 0.214. The van der Waals surface area contributed by atoms with Gasteiger partial charge in [-0.25, -0.2) is 0 Å². The molecule has 1 aromatic heterocycles. The number of rotatable bonds is 4. The summed E-state index contributed by atoms with van der Waals surface area (Å²) in [5.74, 6) is 0.144. The number of aromatic nitrogens is 1. The van der Waals surface area contributed by atoms with E-state index in [1.54, 1.807) is 12.3 Å². The molecular weight excluding hydrogens is 248 g/mol. The van der Waals surface area contributed by atoms with Gasteiger partial charge in [-0.3, -0.25) is 4.98 Å². The molecule has 0 aliphatic rings. The van der Waals surface area contributed by atoms with Crippen LogP contribution in [0.15, 0.2) is 42.7 Å². The molecule has 18 heavy (non-hydrogen) atoms. The Morgan fingerprint density at radius 2 is 2.17 bits per heavy atom. The normalized spacial score (nSPS) is 12.3. The summed E-state index contributed by atoms with van der Waals surface area (Å²) in [5, 5.41) is 13.5. The van der Waals surface area contributed by atoms with Crippen molar-refractivity contribution in [1.29, 1.82) is 0 Å². The van der Waals surface area contributed by atoms with E-state index in [4.69, 9.17) is 11.6 Å². The molecule has 3 nitrogen and oxygen atoms in total. The summed E-state index contributed by atoms with van der Waals surface area (Å²) in [6, 6.07) is 9.44. The number of pyridine rings is 1.